The van der Waals surface area contributed by atoms with Crippen molar-refractivity contribution in [3.05, 3.63) is 28.2 Å². The van der Waals surface area contributed by atoms with Crippen LogP contribution in [0.2, 0.25) is 0 Å². The zero-order valence-electron chi connectivity index (χ0n) is 13.1. The molecule has 0 atom stereocenters. The third-order valence-electron chi connectivity index (χ3n) is 2.99. The molecule has 0 aromatic heterocycles. The number of sulfonamides is 1. The highest BCUT2D eigenvalue weighted by molar-refractivity contribution is 9.10. The SMILES string of the molecule is CC(C)CN(CC(C)C)S(=O)(=O)c1cc(CN)ccc1Br. The van der Waals surface area contributed by atoms with Crippen LogP contribution in [0.4, 0.5) is 0 Å². The van der Waals surface area contributed by atoms with Crippen LogP contribution < -0.4 is 5.73 Å². The first kappa shape index (κ1) is 18.6. The van der Waals surface area contributed by atoms with Crippen molar-refractivity contribution >= 4 is 26.0 Å². The first-order chi connectivity index (χ1) is 9.68. The van der Waals surface area contributed by atoms with Crippen LogP contribution in [-0.2, 0) is 16.6 Å². The molecule has 1 aromatic carbocycles. The fourth-order valence-corrected chi connectivity index (χ4v) is 4.84. The maximum atomic E-state index is 12.9. The Morgan fingerprint density at radius 3 is 2.10 bits per heavy atom. The standard InChI is InChI=1S/C15H25BrN2O2S/c1-11(2)9-18(10-12(3)4)21(19,20)15-7-13(8-17)5-6-14(15)16/h5-7,11-12H,8-10,17H2,1-4H3. The van der Waals surface area contributed by atoms with E-state index in [1.54, 1.807) is 16.4 Å². The highest BCUT2D eigenvalue weighted by Gasteiger charge is 2.27. The Labute approximate surface area is 136 Å². The maximum Gasteiger partial charge on any atom is 0.244 e. The molecule has 0 spiro atoms. The highest BCUT2D eigenvalue weighted by atomic mass is 79.9. The van der Waals surface area contributed by atoms with Crippen molar-refractivity contribution in [2.75, 3.05) is 13.1 Å². The lowest BCUT2D eigenvalue weighted by molar-refractivity contribution is 0.333. The quantitative estimate of drug-likeness (QED) is 0.794. The lowest BCUT2D eigenvalue weighted by Crippen LogP contribution is -2.37. The molecule has 0 fully saturated rings. The molecule has 0 bridgehead atoms. The fraction of sp³-hybridized carbons (Fsp3) is 0.600. The molecule has 0 saturated heterocycles. The molecular formula is C15H25BrN2O2S. The average Bonchev–Trinajstić information content (AvgIpc) is 2.37. The van der Waals surface area contributed by atoms with Gasteiger partial charge in [0.05, 0.1) is 4.90 Å². The summed E-state index contributed by atoms with van der Waals surface area (Å²) in [6.45, 7) is 9.44. The van der Waals surface area contributed by atoms with E-state index in [9.17, 15) is 8.42 Å². The number of nitrogens with two attached hydrogens (primary N) is 1. The fourth-order valence-electron chi connectivity index (χ4n) is 2.10. The van der Waals surface area contributed by atoms with Crippen molar-refractivity contribution in [2.24, 2.45) is 17.6 Å². The Morgan fingerprint density at radius 1 is 1.14 bits per heavy atom. The minimum atomic E-state index is -3.52. The molecule has 120 valence electrons. The molecule has 6 heteroatoms. The summed E-state index contributed by atoms with van der Waals surface area (Å²) < 4.78 is 28.0. The Kier molecular flexibility index (Phi) is 6.84. The minimum Gasteiger partial charge on any atom is -0.326 e. The first-order valence-corrected chi connectivity index (χ1v) is 9.40. The molecule has 21 heavy (non-hydrogen) atoms. The molecule has 0 saturated carbocycles. The Morgan fingerprint density at radius 2 is 1.67 bits per heavy atom. The zero-order valence-corrected chi connectivity index (χ0v) is 15.5. The second kappa shape index (κ2) is 7.72. The van der Waals surface area contributed by atoms with Crippen LogP contribution in [0.25, 0.3) is 0 Å². The van der Waals surface area contributed by atoms with Crippen LogP contribution in [0.3, 0.4) is 0 Å². The number of hydrogen-bond acceptors (Lipinski definition) is 3. The van der Waals surface area contributed by atoms with Crippen molar-refractivity contribution < 1.29 is 8.42 Å². The van der Waals surface area contributed by atoms with Gasteiger partial charge < -0.3 is 5.73 Å². The van der Waals surface area contributed by atoms with Crippen molar-refractivity contribution in [3.63, 3.8) is 0 Å². The third kappa shape index (κ3) is 5.06. The number of nitrogens with zero attached hydrogens (tertiary/aromatic N) is 1. The molecule has 1 aromatic rings. The van der Waals surface area contributed by atoms with Gasteiger partial charge in [-0.25, -0.2) is 8.42 Å². The summed E-state index contributed by atoms with van der Waals surface area (Å²) in [4.78, 5) is 0.298. The largest absolute Gasteiger partial charge is 0.326 e. The Hall–Kier alpha value is -0.430. The van der Waals surface area contributed by atoms with Gasteiger partial charge in [-0.05, 0) is 45.5 Å². The highest BCUT2D eigenvalue weighted by Crippen LogP contribution is 2.27. The summed E-state index contributed by atoms with van der Waals surface area (Å²) in [5.41, 5.74) is 6.44. The van der Waals surface area contributed by atoms with Gasteiger partial charge in [0, 0.05) is 24.1 Å². The Balaban J connectivity index is 3.27. The molecule has 0 amide bonds. The van der Waals surface area contributed by atoms with Crippen LogP contribution >= 0.6 is 15.9 Å². The molecule has 2 N–H and O–H groups in total. The Bertz CT molecular complexity index is 561. The van der Waals surface area contributed by atoms with Gasteiger partial charge in [-0.3, -0.25) is 0 Å². The molecule has 0 radical (unpaired) electrons. The summed E-state index contributed by atoms with van der Waals surface area (Å²) in [6, 6.07) is 5.24. The molecule has 0 aliphatic carbocycles. The average molecular weight is 377 g/mol. The van der Waals surface area contributed by atoms with E-state index in [1.807, 2.05) is 33.8 Å². The topological polar surface area (TPSA) is 63.4 Å². The van der Waals surface area contributed by atoms with Gasteiger partial charge in [0.2, 0.25) is 10.0 Å². The third-order valence-corrected chi connectivity index (χ3v) is 5.81. The van der Waals surface area contributed by atoms with E-state index in [0.717, 1.165) is 5.56 Å². The van der Waals surface area contributed by atoms with Gasteiger partial charge in [0.25, 0.3) is 0 Å². The molecule has 1 rings (SSSR count). The molecule has 0 heterocycles. The first-order valence-electron chi connectivity index (χ1n) is 7.17. The summed E-state index contributed by atoms with van der Waals surface area (Å²) in [5.74, 6) is 0.546. The van der Waals surface area contributed by atoms with E-state index >= 15 is 0 Å². The predicted molar refractivity (Wildman–Crippen MR) is 90.5 cm³/mol. The van der Waals surface area contributed by atoms with E-state index in [1.165, 1.54) is 0 Å². The number of benzene rings is 1. The second-order valence-electron chi connectivity index (χ2n) is 6.08. The van der Waals surface area contributed by atoms with Gasteiger partial charge in [-0.2, -0.15) is 4.31 Å². The normalized spacial score (nSPS) is 12.6. The van der Waals surface area contributed by atoms with Crippen LogP contribution in [0, 0.1) is 11.8 Å². The van der Waals surface area contributed by atoms with Crippen LogP contribution in [0.1, 0.15) is 33.3 Å². The smallest absolute Gasteiger partial charge is 0.244 e. The second-order valence-corrected chi connectivity index (χ2v) is 8.84. The van der Waals surface area contributed by atoms with Crippen LogP contribution in [0.15, 0.2) is 27.6 Å². The molecular weight excluding hydrogens is 352 g/mol. The summed E-state index contributed by atoms with van der Waals surface area (Å²) in [5, 5.41) is 0. The van der Waals surface area contributed by atoms with Gasteiger partial charge >= 0.3 is 0 Å². The van der Waals surface area contributed by atoms with E-state index in [2.05, 4.69) is 15.9 Å². The van der Waals surface area contributed by atoms with E-state index in [4.69, 9.17) is 5.73 Å². The van der Waals surface area contributed by atoms with E-state index in [0.29, 0.717) is 29.0 Å². The van der Waals surface area contributed by atoms with Crippen molar-refractivity contribution in [3.8, 4) is 0 Å². The van der Waals surface area contributed by atoms with Crippen molar-refractivity contribution in [1.82, 2.24) is 4.31 Å². The summed E-state index contributed by atoms with van der Waals surface area (Å²) in [6.07, 6.45) is 0. The molecule has 0 aliphatic rings. The summed E-state index contributed by atoms with van der Waals surface area (Å²) in [7, 11) is -3.52. The van der Waals surface area contributed by atoms with Crippen LogP contribution in [-0.4, -0.2) is 25.8 Å². The zero-order chi connectivity index (χ0) is 16.2. The minimum absolute atomic E-state index is 0.273. The summed E-state index contributed by atoms with van der Waals surface area (Å²) >= 11 is 3.35. The van der Waals surface area contributed by atoms with Crippen molar-refractivity contribution in [2.45, 2.75) is 39.1 Å². The molecule has 4 nitrogen and oxygen atoms in total. The lowest BCUT2D eigenvalue weighted by atomic mass is 10.2. The van der Waals surface area contributed by atoms with Gasteiger partial charge in [0.15, 0.2) is 0 Å². The van der Waals surface area contributed by atoms with Gasteiger partial charge in [-0.15, -0.1) is 0 Å². The van der Waals surface area contributed by atoms with Gasteiger partial charge in [-0.1, -0.05) is 33.8 Å². The van der Waals surface area contributed by atoms with Crippen molar-refractivity contribution in [1.29, 1.82) is 0 Å². The number of halogens is 1. The molecule has 0 unspecified atom stereocenters. The van der Waals surface area contributed by atoms with Gasteiger partial charge in [0.1, 0.15) is 0 Å². The van der Waals surface area contributed by atoms with E-state index in [-0.39, 0.29) is 11.8 Å². The molecule has 0 aliphatic heterocycles. The van der Waals surface area contributed by atoms with E-state index < -0.39 is 10.0 Å². The van der Waals surface area contributed by atoms with Crippen LogP contribution in [0.5, 0.6) is 0 Å². The monoisotopic (exact) mass is 376 g/mol. The number of hydrogen-bond donors (Lipinski definition) is 1. The lowest BCUT2D eigenvalue weighted by Gasteiger charge is -2.26. The number of rotatable bonds is 7. The predicted octanol–water partition coefficient (Wildman–Crippen LogP) is 3.21. The maximum absolute atomic E-state index is 12.9.